The van der Waals surface area contributed by atoms with Crippen molar-refractivity contribution in [2.45, 2.75) is 37.7 Å². The molecule has 6 nitrogen and oxygen atoms in total. The first-order valence-electron chi connectivity index (χ1n) is 9.18. The molecule has 0 aliphatic heterocycles. The maximum absolute atomic E-state index is 11.6. The Labute approximate surface area is 185 Å². The second kappa shape index (κ2) is 8.35. The Balaban J connectivity index is 2.25. The number of rotatable bonds is 5. The number of primary sulfonamides is 1. The van der Waals surface area contributed by atoms with Crippen molar-refractivity contribution in [2.24, 2.45) is 9.88 Å². The molecule has 30 heavy (non-hydrogen) atoms. The topological polar surface area (TPSA) is 94.9 Å². The van der Waals surface area contributed by atoms with E-state index < -0.39 is 22.5 Å². The molecule has 3 aromatic rings. The fourth-order valence-electron chi connectivity index (χ4n) is 2.86. The number of halogens is 1. The average Bonchev–Trinajstić information content (AvgIpc) is 3.06. The molecule has 0 unspecified atom stereocenters. The van der Waals surface area contributed by atoms with Gasteiger partial charge in [0.1, 0.15) is 11.5 Å². The van der Waals surface area contributed by atoms with Crippen LogP contribution in [0.15, 0.2) is 79.2 Å². The van der Waals surface area contributed by atoms with Gasteiger partial charge in [-0.2, -0.15) is 0 Å². The minimum atomic E-state index is -3.78. The monoisotopic (exact) mass is 510 g/mol. The van der Waals surface area contributed by atoms with E-state index in [1.165, 1.54) is 12.1 Å². The predicted octanol–water partition coefficient (Wildman–Crippen LogP) is 5.95. The highest BCUT2D eigenvalue weighted by atomic mass is 79.9. The van der Waals surface area contributed by atoms with Crippen LogP contribution in [0.2, 0.25) is 0 Å². The maximum atomic E-state index is 11.6. The zero-order valence-corrected chi connectivity index (χ0v) is 20.5. The van der Waals surface area contributed by atoms with Gasteiger partial charge in [-0.1, -0.05) is 42.8 Å². The molecular weight excluding hydrogens is 487 g/mol. The van der Waals surface area contributed by atoms with Crippen LogP contribution in [0.3, 0.4) is 0 Å². The first-order chi connectivity index (χ1) is 13.9. The van der Waals surface area contributed by atoms with Crippen LogP contribution in [-0.4, -0.2) is 13.6 Å². The first kappa shape index (κ1) is 22.8. The minimum Gasteiger partial charge on any atom is -0.457 e. The summed E-state index contributed by atoms with van der Waals surface area (Å²) in [6, 6.07) is 17.5. The summed E-state index contributed by atoms with van der Waals surface area (Å²) >= 11 is 3.48. The largest absolute Gasteiger partial charge is 0.457 e. The van der Waals surface area contributed by atoms with Gasteiger partial charge in [0.2, 0.25) is 17.3 Å². The Kier molecular flexibility index (Phi) is 6.35. The lowest BCUT2D eigenvalue weighted by atomic mass is 10.3. The highest BCUT2D eigenvalue weighted by Crippen LogP contribution is 2.62. The normalized spacial score (nSPS) is 14.2. The molecule has 1 atom stereocenters. The Morgan fingerprint density at radius 2 is 1.73 bits per heavy atom. The van der Waals surface area contributed by atoms with Crippen LogP contribution in [0.25, 0.3) is 0 Å². The standard InChI is InChI=1S/C21H24BrN2O4PS/c1-15-8-13-20(27-15)29(21(2,3)4,28-18-7-5-6-16(22)14-18)24-17-9-11-19(12-10-17)30(23,25)26/h5-14H,1-4H3,(H2,23,25,26)/t29-/m1/s1. The summed E-state index contributed by atoms with van der Waals surface area (Å²) in [4.78, 5) is 0.0305. The number of benzene rings is 2. The fraction of sp³-hybridized carbons (Fsp3) is 0.238. The second-order valence-corrected chi connectivity index (χ2v) is 13.6. The molecule has 0 amide bonds. The van der Waals surface area contributed by atoms with Crippen LogP contribution in [0.1, 0.15) is 26.5 Å². The highest BCUT2D eigenvalue weighted by molar-refractivity contribution is 9.10. The molecule has 1 aromatic heterocycles. The summed E-state index contributed by atoms with van der Waals surface area (Å²) in [7, 11) is -6.56. The van der Waals surface area contributed by atoms with Crippen LogP contribution >= 0.6 is 23.2 Å². The third-order valence-corrected chi connectivity index (χ3v) is 9.46. The zero-order valence-electron chi connectivity index (χ0n) is 17.2. The summed E-state index contributed by atoms with van der Waals surface area (Å²) < 4.78 is 41.8. The molecule has 2 N–H and O–H groups in total. The smallest absolute Gasteiger partial charge is 0.238 e. The fourth-order valence-corrected chi connectivity index (χ4v) is 6.64. The number of aryl methyl sites for hydroxylation is 1. The quantitative estimate of drug-likeness (QED) is 0.429. The van der Waals surface area contributed by atoms with Crippen molar-refractivity contribution in [3.05, 3.63) is 70.9 Å². The molecule has 9 heteroatoms. The number of furan rings is 1. The predicted molar refractivity (Wildman–Crippen MR) is 124 cm³/mol. The lowest BCUT2D eigenvalue weighted by Gasteiger charge is -2.35. The Morgan fingerprint density at radius 1 is 1.07 bits per heavy atom. The summed E-state index contributed by atoms with van der Waals surface area (Å²) in [6.07, 6.45) is 0. The van der Waals surface area contributed by atoms with Crippen LogP contribution in [0.4, 0.5) is 5.69 Å². The molecule has 0 aliphatic carbocycles. The van der Waals surface area contributed by atoms with Gasteiger partial charge in [0.25, 0.3) is 0 Å². The van der Waals surface area contributed by atoms with Gasteiger partial charge in [-0.05, 0) is 61.5 Å². The zero-order chi connectivity index (χ0) is 22.2. The highest BCUT2D eigenvalue weighted by Gasteiger charge is 2.41. The van der Waals surface area contributed by atoms with E-state index in [4.69, 9.17) is 18.8 Å². The Bertz CT molecular complexity index is 1210. The molecule has 0 saturated heterocycles. The van der Waals surface area contributed by atoms with Crippen molar-refractivity contribution in [3.8, 4) is 5.75 Å². The van der Waals surface area contributed by atoms with E-state index in [1.54, 1.807) is 12.1 Å². The number of hydrogen-bond acceptors (Lipinski definition) is 5. The van der Waals surface area contributed by atoms with Crippen molar-refractivity contribution in [1.82, 2.24) is 0 Å². The van der Waals surface area contributed by atoms with E-state index in [-0.39, 0.29) is 4.90 Å². The van der Waals surface area contributed by atoms with E-state index in [9.17, 15) is 8.42 Å². The van der Waals surface area contributed by atoms with Gasteiger partial charge in [-0.25, -0.2) is 18.3 Å². The molecule has 3 rings (SSSR count). The second-order valence-electron chi connectivity index (χ2n) is 7.82. The van der Waals surface area contributed by atoms with E-state index in [1.807, 2.05) is 43.3 Å². The number of sulfonamides is 1. The van der Waals surface area contributed by atoms with Gasteiger partial charge in [0.15, 0.2) is 5.50 Å². The van der Waals surface area contributed by atoms with E-state index in [0.717, 1.165) is 10.2 Å². The molecular formula is C21H24BrN2O4PS. The van der Waals surface area contributed by atoms with Gasteiger partial charge < -0.3 is 8.94 Å². The third kappa shape index (κ3) is 4.89. The molecule has 160 valence electrons. The van der Waals surface area contributed by atoms with Gasteiger partial charge >= 0.3 is 0 Å². The van der Waals surface area contributed by atoms with Crippen molar-refractivity contribution >= 4 is 44.4 Å². The first-order valence-corrected chi connectivity index (χ1v) is 13.2. The average molecular weight is 511 g/mol. The Morgan fingerprint density at radius 3 is 2.23 bits per heavy atom. The van der Waals surface area contributed by atoms with Gasteiger partial charge in [0, 0.05) is 9.63 Å². The molecule has 0 saturated carbocycles. The van der Waals surface area contributed by atoms with Gasteiger partial charge in [-0.15, -0.1) is 0 Å². The van der Waals surface area contributed by atoms with E-state index in [2.05, 4.69) is 36.7 Å². The molecule has 0 radical (unpaired) electrons. The molecule has 2 aromatic carbocycles. The minimum absolute atomic E-state index is 0.0305. The molecule has 0 spiro atoms. The summed E-state index contributed by atoms with van der Waals surface area (Å²) in [5, 5.41) is 4.80. The maximum Gasteiger partial charge on any atom is 0.238 e. The van der Waals surface area contributed by atoms with Crippen LogP contribution in [-0.2, 0) is 10.0 Å². The summed E-state index contributed by atoms with van der Waals surface area (Å²) in [5.74, 6) is 1.42. The van der Waals surface area contributed by atoms with Crippen molar-refractivity contribution in [1.29, 1.82) is 0 Å². The molecule has 0 aliphatic rings. The number of hydrogen-bond donors (Lipinski definition) is 1. The van der Waals surface area contributed by atoms with Gasteiger partial charge in [0.05, 0.1) is 10.6 Å². The summed E-state index contributed by atoms with van der Waals surface area (Å²) in [6.45, 7) is 8.04. The molecule has 1 heterocycles. The number of nitrogens with two attached hydrogens (primary N) is 1. The lowest BCUT2D eigenvalue weighted by Crippen LogP contribution is -2.26. The molecule has 0 bridgehead atoms. The van der Waals surface area contributed by atoms with Crippen LogP contribution < -0.4 is 15.2 Å². The van der Waals surface area contributed by atoms with Crippen molar-refractivity contribution < 1.29 is 17.4 Å². The molecule has 0 fully saturated rings. The van der Waals surface area contributed by atoms with Crippen LogP contribution in [0.5, 0.6) is 5.75 Å². The van der Waals surface area contributed by atoms with Crippen molar-refractivity contribution in [2.75, 3.05) is 0 Å². The lowest BCUT2D eigenvalue weighted by molar-refractivity contribution is 0.527. The van der Waals surface area contributed by atoms with Crippen molar-refractivity contribution in [3.63, 3.8) is 0 Å². The Hall–Kier alpha value is -1.86. The SMILES string of the molecule is Cc1ccc([P@@](=Nc2ccc(S(N)(=O)=O)cc2)(Oc2cccc(Br)c2)C(C)(C)C)o1. The number of nitrogens with zero attached hydrogens (tertiary/aromatic N) is 1. The van der Waals surface area contributed by atoms with E-state index in [0.29, 0.717) is 16.9 Å². The van der Waals surface area contributed by atoms with E-state index >= 15 is 0 Å². The van der Waals surface area contributed by atoms with Gasteiger partial charge in [-0.3, -0.25) is 0 Å². The summed E-state index contributed by atoms with van der Waals surface area (Å²) in [5.41, 5.74) is 1.23. The van der Waals surface area contributed by atoms with Crippen LogP contribution in [0, 0.1) is 6.92 Å². The third-order valence-electron chi connectivity index (χ3n) is 4.39.